The van der Waals surface area contributed by atoms with Crippen molar-refractivity contribution >= 4 is 23.2 Å². The summed E-state index contributed by atoms with van der Waals surface area (Å²) in [7, 11) is 0. The molecule has 0 radical (unpaired) electrons. The van der Waals surface area contributed by atoms with E-state index >= 15 is 0 Å². The summed E-state index contributed by atoms with van der Waals surface area (Å²) < 4.78 is 1.97. The second-order valence-electron chi connectivity index (χ2n) is 6.23. The molecule has 3 rings (SSSR count). The molecular formula is C20H18ClN3O3. The highest BCUT2D eigenvalue weighted by Crippen LogP contribution is 2.29. The predicted octanol–water partition coefficient (Wildman–Crippen LogP) is 4.37. The smallest absolute Gasteiger partial charge is 0.270 e. The molecule has 0 unspecified atom stereocenters. The van der Waals surface area contributed by atoms with E-state index in [2.05, 4.69) is 0 Å². The standard InChI is InChI=1S/C20H18ClN3O3/c1-13-18(20(22)25)12-19(15-3-2-4-17(11-15)24(26)27)23(13)10-9-14-5-7-16(21)8-6-14/h2-8,11-12H,9-10H2,1H3,(H2,22,25). The molecule has 3 aromatic rings. The largest absolute Gasteiger partial charge is 0.366 e. The number of nitro benzene ring substituents is 1. The Morgan fingerprint density at radius 3 is 2.52 bits per heavy atom. The van der Waals surface area contributed by atoms with E-state index in [0.29, 0.717) is 29.1 Å². The van der Waals surface area contributed by atoms with E-state index in [-0.39, 0.29) is 5.69 Å². The number of benzene rings is 2. The Hall–Kier alpha value is -3.12. The molecule has 6 nitrogen and oxygen atoms in total. The molecule has 0 saturated heterocycles. The summed E-state index contributed by atoms with van der Waals surface area (Å²) in [6, 6.07) is 15.6. The summed E-state index contributed by atoms with van der Waals surface area (Å²) in [5.41, 5.74) is 9.12. The normalized spacial score (nSPS) is 10.7. The first-order chi connectivity index (χ1) is 12.9. The molecule has 1 heterocycles. The maximum atomic E-state index is 11.8. The van der Waals surface area contributed by atoms with Gasteiger partial charge in [0.05, 0.1) is 10.5 Å². The van der Waals surface area contributed by atoms with Gasteiger partial charge in [-0.2, -0.15) is 0 Å². The van der Waals surface area contributed by atoms with Crippen molar-refractivity contribution in [3.8, 4) is 11.3 Å². The minimum Gasteiger partial charge on any atom is -0.366 e. The molecule has 0 aliphatic carbocycles. The number of nitrogens with zero attached hydrogens (tertiary/aromatic N) is 2. The van der Waals surface area contributed by atoms with Crippen molar-refractivity contribution in [2.24, 2.45) is 5.73 Å². The molecule has 27 heavy (non-hydrogen) atoms. The fourth-order valence-corrected chi connectivity index (χ4v) is 3.22. The quantitative estimate of drug-likeness (QED) is 0.506. The highest BCUT2D eigenvalue weighted by Gasteiger charge is 2.18. The molecule has 0 spiro atoms. The summed E-state index contributed by atoms with van der Waals surface area (Å²) in [5, 5.41) is 11.8. The van der Waals surface area contributed by atoms with Crippen LogP contribution in [0.3, 0.4) is 0 Å². The maximum absolute atomic E-state index is 11.8. The first-order valence-electron chi connectivity index (χ1n) is 8.36. The Labute approximate surface area is 161 Å². The molecule has 2 aromatic carbocycles. The zero-order valence-corrected chi connectivity index (χ0v) is 15.4. The molecule has 7 heteroatoms. The van der Waals surface area contributed by atoms with Crippen LogP contribution < -0.4 is 5.73 Å². The van der Waals surface area contributed by atoms with E-state index in [1.807, 2.05) is 35.8 Å². The van der Waals surface area contributed by atoms with Crippen molar-refractivity contribution in [2.75, 3.05) is 0 Å². The SMILES string of the molecule is Cc1c(C(N)=O)cc(-c2cccc([N+](=O)[O-])c2)n1CCc1ccc(Cl)cc1. The zero-order chi connectivity index (χ0) is 19.6. The van der Waals surface area contributed by atoms with Crippen LogP contribution in [0.25, 0.3) is 11.3 Å². The van der Waals surface area contributed by atoms with E-state index in [4.69, 9.17) is 17.3 Å². The van der Waals surface area contributed by atoms with Gasteiger partial charge in [-0.05, 0) is 37.1 Å². The number of aromatic nitrogens is 1. The highest BCUT2D eigenvalue weighted by molar-refractivity contribution is 6.30. The Morgan fingerprint density at radius 1 is 1.19 bits per heavy atom. The number of carbonyl (C=O) groups is 1. The van der Waals surface area contributed by atoms with Crippen molar-refractivity contribution in [1.82, 2.24) is 4.57 Å². The molecule has 138 valence electrons. The minimum atomic E-state index is -0.524. The molecule has 0 bridgehead atoms. The van der Waals surface area contributed by atoms with Crippen LogP contribution in [0.5, 0.6) is 0 Å². The van der Waals surface area contributed by atoms with Gasteiger partial charge in [-0.15, -0.1) is 0 Å². The van der Waals surface area contributed by atoms with Gasteiger partial charge >= 0.3 is 0 Å². The first-order valence-corrected chi connectivity index (χ1v) is 8.74. The monoisotopic (exact) mass is 383 g/mol. The summed E-state index contributed by atoms with van der Waals surface area (Å²) in [6.07, 6.45) is 0.715. The van der Waals surface area contributed by atoms with Gasteiger partial charge in [0, 0.05) is 40.7 Å². The molecule has 1 aromatic heterocycles. The maximum Gasteiger partial charge on any atom is 0.270 e. The Morgan fingerprint density at radius 2 is 1.89 bits per heavy atom. The molecule has 0 saturated carbocycles. The van der Waals surface area contributed by atoms with Crippen LogP contribution >= 0.6 is 11.6 Å². The predicted molar refractivity (Wildman–Crippen MR) is 105 cm³/mol. The number of carbonyl (C=O) groups excluding carboxylic acids is 1. The van der Waals surface area contributed by atoms with E-state index in [9.17, 15) is 14.9 Å². The Kier molecular flexibility index (Phi) is 5.28. The number of halogens is 1. The highest BCUT2D eigenvalue weighted by atomic mass is 35.5. The van der Waals surface area contributed by atoms with E-state index in [1.54, 1.807) is 18.2 Å². The molecular weight excluding hydrogens is 366 g/mol. The molecule has 0 aliphatic heterocycles. The lowest BCUT2D eigenvalue weighted by atomic mass is 10.1. The van der Waals surface area contributed by atoms with Crippen LogP contribution in [0.1, 0.15) is 21.6 Å². The second-order valence-corrected chi connectivity index (χ2v) is 6.66. The van der Waals surface area contributed by atoms with Crippen LogP contribution in [0, 0.1) is 17.0 Å². The number of hydrogen-bond acceptors (Lipinski definition) is 3. The van der Waals surface area contributed by atoms with Crippen molar-refractivity contribution < 1.29 is 9.72 Å². The topological polar surface area (TPSA) is 91.2 Å². The van der Waals surface area contributed by atoms with Crippen LogP contribution in [0.4, 0.5) is 5.69 Å². The fourth-order valence-electron chi connectivity index (χ4n) is 3.09. The van der Waals surface area contributed by atoms with Crippen molar-refractivity contribution in [3.05, 3.63) is 86.6 Å². The number of amides is 1. The van der Waals surface area contributed by atoms with E-state index < -0.39 is 10.8 Å². The fraction of sp³-hybridized carbons (Fsp3) is 0.150. The third-order valence-electron chi connectivity index (χ3n) is 4.52. The van der Waals surface area contributed by atoms with Gasteiger partial charge in [-0.1, -0.05) is 35.9 Å². The summed E-state index contributed by atoms with van der Waals surface area (Å²) >= 11 is 5.93. The van der Waals surface area contributed by atoms with Gasteiger partial charge in [0.15, 0.2) is 0 Å². The van der Waals surface area contributed by atoms with Gasteiger partial charge in [0.2, 0.25) is 0 Å². The van der Waals surface area contributed by atoms with Crippen LogP contribution in [0.2, 0.25) is 5.02 Å². The third kappa shape index (κ3) is 4.01. The number of nitrogens with two attached hydrogens (primary N) is 1. The third-order valence-corrected chi connectivity index (χ3v) is 4.77. The average molecular weight is 384 g/mol. The Balaban J connectivity index is 2.01. The number of nitro groups is 1. The number of non-ortho nitro benzene ring substituents is 1. The summed E-state index contributed by atoms with van der Waals surface area (Å²) in [6.45, 7) is 2.42. The van der Waals surface area contributed by atoms with Gasteiger partial charge in [0.1, 0.15) is 0 Å². The van der Waals surface area contributed by atoms with Gasteiger partial charge in [-0.3, -0.25) is 14.9 Å². The zero-order valence-electron chi connectivity index (χ0n) is 14.7. The molecule has 2 N–H and O–H groups in total. The molecule has 1 amide bonds. The summed E-state index contributed by atoms with van der Waals surface area (Å²) in [4.78, 5) is 22.5. The number of aryl methyl sites for hydroxylation is 1. The van der Waals surface area contributed by atoms with Gasteiger partial charge in [-0.25, -0.2) is 0 Å². The van der Waals surface area contributed by atoms with E-state index in [0.717, 1.165) is 17.0 Å². The molecule has 0 aliphatic rings. The number of hydrogen-bond donors (Lipinski definition) is 1. The van der Waals surface area contributed by atoms with Crippen LogP contribution in [0.15, 0.2) is 54.6 Å². The second kappa shape index (κ2) is 7.63. The lowest BCUT2D eigenvalue weighted by Crippen LogP contribution is -2.13. The molecule has 0 fully saturated rings. The van der Waals surface area contributed by atoms with Crippen LogP contribution in [-0.2, 0) is 13.0 Å². The Bertz CT molecular complexity index is 1010. The number of primary amides is 1. The van der Waals surface area contributed by atoms with E-state index in [1.165, 1.54) is 12.1 Å². The number of rotatable bonds is 6. The minimum absolute atomic E-state index is 0.00349. The lowest BCUT2D eigenvalue weighted by Gasteiger charge is -2.12. The first kappa shape index (κ1) is 18.7. The lowest BCUT2D eigenvalue weighted by molar-refractivity contribution is -0.384. The van der Waals surface area contributed by atoms with Gasteiger partial charge < -0.3 is 10.3 Å². The summed E-state index contributed by atoms with van der Waals surface area (Å²) in [5.74, 6) is -0.524. The van der Waals surface area contributed by atoms with Gasteiger partial charge in [0.25, 0.3) is 11.6 Å². The van der Waals surface area contributed by atoms with Crippen molar-refractivity contribution in [3.63, 3.8) is 0 Å². The van der Waals surface area contributed by atoms with Crippen molar-refractivity contribution in [1.29, 1.82) is 0 Å². The van der Waals surface area contributed by atoms with Crippen molar-refractivity contribution in [2.45, 2.75) is 19.9 Å². The average Bonchev–Trinajstić information content (AvgIpc) is 2.98. The molecule has 0 atom stereocenters. The van der Waals surface area contributed by atoms with Crippen LogP contribution in [-0.4, -0.2) is 15.4 Å².